The van der Waals surface area contributed by atoms with Gasteiger partial charge in [0, 0.05) is 33.2 Å². The van der Waals surface area contributed by atoms with Crippen LogP contribution < -0.4 is 0 Å². The average Bonchev–Trinajstić information content (AvgIpc) is 2.77. The number of hydrogen-bond donors (Lipinski definition) is 0. The molecule has 2 aromatic carbocycles. The zero-order valence-electron chi connectivity index (χ0n) is 11.4. The SMILES string of the molecule is CC(C)n1c(-c2cccc(F)c2)cc2cc(Cl)ccc21. The number of hydrogen-bond acceptors (Lipinski definition) is 0. The quantitative estimate of drug-likeness (QED) is 0.571. The predicted octanol–water partition coefficient (Wildman–Crippen LogP) is 5.68. The highest BCUT2D eigenvalue weighted by Crippen LogP contribution is 2.32. The molecule has 0 N–H and O–H groups in total. The van der Waals surface area contributed by atoms with Gasteiger partial charge in [0.25, 0.3) is 0 Å². The smallest absolute Gasteiger partial charge is 0.123 e. The van der Waals surface area contributed by atoms with Crippen LogP contribution in [0.1, 0.15) is 19.9 Å². The molecule has 3 heteroatoms. The van der Waals surface area contributed by atoms with Gasteiger partial charge in [-0.2, -0.15) is 0 Å². The molecule has 20 heavy (non-hydrogen) atoms. The number of halogens is 2. The topological polar surface area (TPSA) is 4.93 Å². The van der Waals surface area contributed by atoms with Gasteiger partial charge >= 0.3 is 0 Å². The largest absolute Gasteiger partial charge is 0.338 e. The van der Waals surface area contributed by atoms with Gasteiger partial charge in [-0.3, -0.25) is 0 Å². The summed E-state index contributed by atoms with van der Waals surface area (Å²) in [5, 5.41) is 1.79. The van der Waals surface area contributed by atoms with Gasteiger partial charge in [0.15, 0.2) is 0 Å². The van der Waals surface area contributed by atoms with E-state index < -0.39 is 0 Å². The van der Waals surface area contributed by atoms with Crippen LogP contribution in [0.4, 0.5) is 4.39 Å². The Bertz CT molecular complexity index is 774. The fourth-order valence-corrected chi connectivity index (χ4v) is 2.81. The van der Waals surface area contributed by atoms with E-state index in [0.717, 1.165) is 22.2 Å². The molecule has 0 spiro atoms. The van der Waals surface area contributed by atoms with Crippen molar-refractivity contribution in [2.24, 2.45) is 0 Å². The van der Waals surface area contributed by atoms with E-state index in [4.69, 9.17) is 11.6 Å². The molecule has 3 aromatic rings. The van der Waals surface area contributed by atoms with Crippen molar-refractivity contribution >= 4 is 22.5 Å². The molecule has 1 nitrogen and oxygen atoms in total. The minimum Gasteiger partial charge on any atom is -0.338 e. The van der Waals surface area contributed by atoms with Gasteiger partial charge in [0.2, 0.25) is 0 Å². The van der Waals surface area contributed by atoms with Gasteiger partial charge in [-0.1, -0.05) is 23.7 Å². The zero-order chi connectivity index (χ0) is 14.3. The maximum absolute atomic E-state index is 13.5. The summed E-state index contributed by atoms with van der Waals surface area (Å²) >= 11 is 6.06. The van der Waals surface area contributed by atoms with Crippen molar-refractivity contribution in [2.45, 2.75) is 19.9 Å². The number of aromatic nitrogens is 1. The first-order valence-electron chi connectivity index (χ1n) is 6.62. The van der Waals surface area contributed by atoms with Gasteiger partial charge < -0.3 is 4.57 Å². The molecule has 0 aliphatic heterocycles. The summed E-state index contributed by atoms with van der Waals surface area (Å²) in [6.45, 7) is 4.24. The van der Waals surface area contributed by atoms with Crippen molar-refractivity contribution in [3.05, 3.63) is 59.4 Å². The molecule has 102 valence electrons. The van der Waals surface area contributed by atoms with E-state index >= 15 is 0 Å². The third-order valence-corrected chi connectivity index (χ3v) is 3.67. The standard InChI is InChI=1S/C17H15ClFN/c1-11(2)20-16-7-6-14(18)8-13(16)10-17(20)12-4-3-5-15(19)9-12/h3-11H,1-2H3. The molecule has 0 unspecified atom stereocenters. The van der Waals surface area contributed by atoms with Crippen LogP contribution in [-0.2, 0) is 0 Å². The van der Waals surface area contributed by atoms with Gasteiger partial charge in [-0.15, -0.1) is 0 Å². The maximum Gasteiger partial charge on any atom is 0.123 e. The summed E-state index contributed by atoms with van der Waals surface area (Å²) in [5.74, 6) is -0.221. The summed E-state index contributed by atoms with van der Waals surface area (Å²) in [6, 6.07) is 14.9. The normalized spacial score (nSPS) is 11.4. The summed E-state index contributed by atoms with van der Waals surface area (Å²) in [7, 11) is 0. The molecule has 0 atom stereocenters. The Labute approximate surface area is 122 Å². The fourth-order valence-electron chi connectivity index (χ4n) is 2.63. The van der Waals surface area contributed by atoms with Crippen LogP contribution in [0, 0.1) is 5.82 Å². The van der Waals surface area contributed by atoms with Gasteiger partial charge in [0.05, 0.1) is 0 Å². The van der Waals surface area contributed by atoms with E-state index in [-0.39, 0.29) is 11.9 Å². The first kappa shape index (κ1) is 13.2. The average molecular weight is 288 g/mol. The minimum absolute atomic E-state index is 0.221. The van der Waals surface area contributed by atoms with E-state index in [2.05, 4.69) is 24.5 Å². The van der Waals surface area contributed by atoms with Crippen LogP contribution >= 0.6 is 11.6 Å². The van der Waals surface area contributed by atoms with Crippen LogP contribution in [0.25, 0.3) is 22.2 Å². The van der Waals surface area contributed by atoms with Crippen LogP contribution in [0.5, 0.6) is 0 Å². The highest BCUT2D eigenvalue weighted by Gasteiger charge is 2.13. The number of rotatable bonds is 2. The summed E-state index contributed by atoms with van der Waals surface area (Å²) in [5.41, 5.74) is 3.01. The van der Waals surface area contributed by atoms with E-state index in [1.54, 1.807) is 12.1 Å². The highest BCUT2D eigenvalue weighted by atomic mass is 35.5. The van der Waals surface area contributed by atoms with Gasteiger partial charge in [-0.25, -0.2) is 4.39 Å². The van der Waals surface area contributed by atoms with Crippen LogP contribution in [-0.4, -0.2) is 4.57 Å². The van der Waals surface area contributed by atoms with Gasteiger partial charge in [0.1, 0.15) is 5.82 Å². The third-order valence-electron chi connectivity index (χ3n) is 3.44. The van der Waals surface area contributed by atoms with Crippen molar-refractivity contribution in [1.82, 2.24) is 4.57 Å². The monoisotopic (exact) mass is 287 g/mol. The lowest BCUT2D eigenvalue weighted by Gasteiger charge is -2.15. The Morgan fingerprint density at radius 2 is 1.85 bits per heavy atom. The Balaban J connectivity index is 2.32. The molecule has 0 bridgehead atoms. The first-order valence-corrected chi connectivity index (χ1v) is 7.00. The molecule has 0 saturated carbocycles. The Morgan fingerprint density at radius 3 is 2.55 bits per heavy atom. The van der Waals surface area contributed by atoms with Crippen LogP contribution in [0.15, 0.2) is 48.5 Å². The summed E-state index contributed by atoms with van der Waals surface area (Å²) in [6.07, 6.45) is 0. The molecule has 1 heterocycles. The number of benzene rings is 2. The van der Waals surface area contributed by atoms with Crippen molar-refractivity contribution in [3.63, 3.8) is 0 Å². The molecule has 0 saturated heterocycles. The number of fused-ring (bicyclic) bond motifs is 1. The Kier molecular flexibility index (Phi) is 3.27. The van der Waals surface area contributed by atoms with Crippen LogP contribution in [0.3, 0.4) is 0 Å². The van der Waals surface area contributed by atoms with Crippen molar-refractivity contribution < 1.29 is 4.39 Å². The third kappa shape index (κ3) is 2.20. The van der Waals surface area contributed by atoms with E-state index in [0.29, 0.717) is 5.02 Å². The molecule has 0 radical (unpaired) electrons. The molecule has 0 aliphatic rings. The predicted molar refractivity (Wildman–Crippen MR) is 82.7 cm³/mol. The summed E-state index contributed by atoms with van der Waals surface area (Å²) in [4.78, 5) is 0. The Morgan fingerprint density at radius 1 is 1.05 bits per heavy atom. The lowest BCUT2D eigenvalue weighted by atomic mass is 10.1. The van der Waals surface area contributed by atoms with E-state index in [1.807, 2.05) is 24.3 Å². The second-order valence-corrected chi connectivity index (χ2v) is 5.64. The van der Waals surface area contributed by atoms with E-state index in [1.165, 1.54) is 6.07 Å². The van der Waals surface area contributed by atoms with Crippen molar-refractivity contribution in [3.8, 4) is 11.3 Å². The molecule has 0 aliphatic carbocycles. The van der Waals surface area contributed by atoms with Crippen molar-refractivity contribution in [1.29, 1.82) is 0 Å². The lowest BCUT2D eigenvalue weighted by molar-refractivity contribution is 0.621. The zero-order valence-corrected chi connectivity index (χ0v) is 12.2. The van der Waals surface area contributed by atoms with E-state index in [9.17, 15) is 4.39 Å². The second kappa shape index (κ2) is 4.95. The Hall–Kier alpha value is -1.80. The molecular formula is C17H15ClFN. The first-order chi connectivity index (χ1) is 9.56. The minimum atomic E-state index is -0.221. The molecule has 3 rings (SSSR count). The van der Waals surface area contributed by atoms with Crippen LogP contribution in [0.2, 0.25) is 5.02 Å². The fraction of sp³-hybridized carbons (Fsp3) is 0.176. The molecule has 1 aromatic heterocycles. The molecule has 0 amide bonds. The second-order valence-electron chi connectivity index (χ2n) is 5.21. The lowest BCUT2D eigenvalue weighted by Crippen LogP contribution is -2.02. The molecule has 0 fully saturated rings. The summed E-state index contributed by atoms with van der Waals surface area (Å²) < 4.78 is 15.7. The molecular weight excluding hydrogens is 273 g/mol. The highest BCUT2D eigenvalue weighted by molar-refractivity contribution is 6.31. The number of nitrogens with zero attached hydrogens (tertiary/aromatic N) is 1. The maximum atomic E-state index is 13.5. The van der Waals surface area contributed by atoms with Gasteiger partial charge in [-0.05, 0) is 50.2 Å². The van der Waals surface area contributed by atoms with Crippen molar-refractivity contribution in [2.75, 3.05) is 0 Å².